The number of sulfonamides is 1. The van der Waals surface area contributed by atoms with Gasteiger partial charge in [-0.05, 0) is 37.3 Å². The first kappa shape index (κ1) is 17.0. The number of hydrogen-bond acceptors (Lipinski definition) is 4. The molecule has 0 saturated carbocycles. The highest BCUT2D eigenvalue weighted by atomic mass is 32.2. The van der Waals surface area contributed by atoms with E-state index in [1.54, 1.807) is 60.9 Å². The van der Waals surface area contributed by atoms with Gasteiger partial charge in [0.15, 0.2) is 0 Å². The molecular formula is C19H18N2O3S. The van der Waals surface area contributed by atoms with Gasteiger partial charge in [-0.2, -0.15) is 0 Å². The van der Waals surface area contributed by atoms with Crippen molar-refractivity contribution in [3.63, 3.8) is 0 Å². The molecule has 3 aromatic rings. The Morgan fingerprint density at radius 3 is 2.48 bits per heavy atom. The predicted molar refractivity (Wildman–Crippen MR) is 97.0 cm³/mol. The molecule has 0 saturated heterocycles. The maximum atomic E-state index is 12.6. The van der Waals surface area contributed by atoms with E-state index in [-0.39, 0.29) is 4.90 Å². The number of aryl methyl sites for hydroxylation is 1. The van der Waals surface area contributed by atoms with Crippen LogP contribution >= 0.6 is 0 Å². The van der Waals surface area contributed by atoms with Crippen LogP contribution in [-0.4, -0.2) is 13.4 Å². The van der Waals surface area contributed by atoms with Gasteiger partial charge in [0.2, 0.25) is 0 Å². The van der Waals surface area contributed by atoms with Crippen LogP contribution in [0.4, 0.5) is 5.69 Å². The Hall–Kier alpha value is -2.86. The van der Waals surface area contributed by atoms with Gasteiger partial charge >= 0.3 is 0 Å². The lowest BCUT2D eigenvalue weighted by Gasteiger charge is -2.13. The molecule has 6 heteroatoms. The highest BCUT2D eigenvalue weighted by Gasteiger charge is 2.16. The van der Waals surface area contributed by atoms with E-state index in [9.17, 15) is 8.42 Å². The molecule has 2 aromatic carbocycles. The molecule has 0 atom stereocenters. The standard InChI is InChI=1S/C19H18N2O3S/c1-15-8-10-17(11-9-15)25(22,23)21-18-6-2-3-7-19(18)24-14-16-5-4-12-20-13-16/h2-13,21H,14H2,1H3. The van der Waals surface area contributed by atoms with Gasteiger partial charge in [0.05, 0.1) is 10.6 Å². The summed E-state index contributed by atoms with van der Waals surface area (Å²) in [6, 6.07) is 17.4. The van der Waals surface area contributed by atoms with E-state index in [2.05, 4.69) is 9.71 Å². The van der Waals surface area contributed by atoms with E-state index < -0.39 is 10.0 Å². The van der Waals surface area contributed by atoms with Crippen LogP contribution < -0.4 is 9.46 Å². The van der Waals surface area contributed by atoms with Crippen molar-refractivity contribution in [3.8, 4) is 5.75 Å². The number of para-hydroxylation sites is 2. The van der Waals surface area contributed by atoms with Crippen molar-refractivity contribution >= 4 is 15.7 Å². The van der Waals surface area contributed by atoms with E-state index in [4.69, 9.17) is 4.74 Å². The van der Waals surface area contributed by atoms with E-state index >= 15 is 0 Å². The molecule has 0 spiro atoms. The highest BCUT2D eigenvalue weighted by molar-refractivity contribution is 7.92. The van der Waals surface area contributed by atoms with Crippen molar-refractivity contribution < 1.29 is 13.2 Å². The van der Waals surface area contributed by atoms with Crippen molar-refractivity contribution in [2.75, 3.05) is 4.72 Å². The zero-order chi connectivity index (χ0) is 17.7. The van der Waals surface area contributed by atoms with Crippen molar-refractivity contribution in [3.05, 3.63) is 84.2 Å². The lowest BCUT2D eigenvalue weighted by molar-refractivity contribution is 0.307. The minimum atomic E-state index is -3.68. The Morgan fingerprint density at radius 2 is 1.76 bits per heavy atom. The normalized spacial score (nSPS) is 11.1. The third-order valence-electron chi connectivity index (χ3n) is 3.58. The highest BCUT2D eigenvalue weighted by Crippen LogP contribution is 2.27. The van der Waals surface area contributed by atoms with Crippen LogP contribution in [-0.2, 0) is 16.6 Å². The van der Waals surface area contributed by atoms with E-state index in [0.29, 0.717) is 18.0 Å². The molecule has 1 heterocycles. The first-order valence-electron chi connectivity index (χ1n) is 7.75. The van der Waals surface area contributed by atoms with Gasteiger partial charge in [-0.1, -0.05) is 35.9 Å². The lowest BCUT2D eigenvalue weighted by atomic mass is 10.2. The van der Waals surface area contributed by atoms with Crippen LogP contribution in [0.25, 0.3) is 0 Å². The summed E-state index contributed by atoms with van der Waals surface area (Å²) in [5, 5.41) is 0. The molecule has 25 heavy (non-hydrogen) atoms. The van der Waals surface area contributed by atoms with Crippen LogP contribution in [0.5, 0.6) is 5.75 Å². The second-order valence-corrected chi connectivity index (χ2v) is 7.25. The Kier molecular flexibility index (Phi) is 5.00. The predicted octanol–water partition coefficient (Wildman–Crippen LogP) is 3.77. The zero-order valence-electron chi connectivity index (χ0n) is 13.7. The molecule has 3 rings (SSSR count). The monoisotopic (exact) mass is 354 g/mol. The van der Waals surface area contributed by atoms with Gasteiger partial charge in [0.25, 0.3) is 10.0 Å². The summed E-state index contributed by atoms with van der Waals surface area (Å²) in [5.41, 5.74) is 2.30. The topological polar surface area (TPSA) is 68.3 Å². The van der Waals surface area contributed by atoms with Crippen molar-refractivity contribution in [1.29, 1.82) is 0 Å². The summed E-state index contributed by atoms with van der Waals surface area (Å²) < 4.78 is 33.5. The molecular weight excluding hydrogens is 336 g/mol. The van der Waals surface area contributed by atoms with E-state index in [1.165, 1.54) is 0 Å². The number of nitrogens with zero attached hydrogens (tertiary/aromatic N) is 1. The van der Waals surface area contributed by atoms with Crippen LogP contribution in [0.15, 0.2) is 78.0 Å². The van der Waals surface area contributed by atoms with Gasteiger partial charge in [0, 0.05) is 18.0 Å². The molecule has 5 nitrogen and oxygen atoms in total. The maximum absolute atomic E-state index is 12.6. The summed E-state index contributed by atoms with van der Waals surface area (Å²) in [4.78, 5) is 4.24. The summed E-state index contributed by atoms with van der Waals surface area (Å²) in [6.07, 6.45) is 3.40. The molecule has 0 aliphatic rings. The van der Waals surface area contributed by atoms with Gasteiger partial charge in [0.1, 0.15) is 12.4 Å². The summed E-state index contributed by atoms with van der Waals surface area (Å²) in [7, 11) is -3.68. The fourth-order valence-electron chi connectivity index (χ4n) is 2.24. The molecule has 0 fully saturated rings. The average molecular weight is 354 g/mol. The molecule has 0 bridgehead atoms. The molecule has 0 amide bonds. The van der Waals surface area contributed by atoms with Crippen molar-refractivity contribution in [2.45, 2.75) is 18.4 Å². The maximum Gasteiger partial charge on any atom is 0.262 e. The van der Waals surface area contributed by atoms with Crippen molar-refractivity contribution in [2.24, 2.45) is 0 Å². The average Bonchev–Trinajstić information content (AvgIpc) is 2.62. The smallest absolute Gasteiger partial charge is 0.262 e. The fourth-order valence-corrected chi connectivity index (χ4v) is 3.31. The molecule has 0 aliphatic carbocycles. The Labute approximate surface area is 147 Å². The SMILES string of the molecule is Cc1ccc(S(=O)(=O)Nc2ccccc2OCc2cccnc2)cc1. The largest absolute Gasteiger partial charge is 0.487 e. The second kappa shape index (κ2) is 7.36. The minimum absolute atomic E-state index is 0.208. The third kappa shape index (κ3) is 4.36. The number of anilines is 1. The number of nitrogens with one attached hydrogen (secondary N) is 1. The first-order chi connectivity index (χ1) is 12.0. The fraction of sp³-hybridized carbons (Fsp3) is 0.105. The lowest BCUT2D eigenvalue weighted by Crippen LogP contribution is -2.13. The summed E-state index contributed by atoms with van der Waals surface area (Å²) >= 11 is 0. The quantitative estimate of drug-likeness (QED) is 0.732. The van der Waals surface area contributed by atoms with Crippen LogP contribution in [0.1, 0.15) is 11.1 Å². The van der Waals surface area contributed by atoms with Crippen LogP contribution in [0.3, 0.4) is 0 Å². The number of benzene rings is 2. The number of pyridine rings is 1. The van der Waals surface area contributed by atoms with E-state index in [0.717, 1.165) is 11.1 Å². The van der Waals surface area contributed by atoms with Gasteiger partial charge in [-0.25, -0.2) is 8.42 Å². The molecule has 0 radical (unpaired) electrons. The van der Waals surface area contributed by atoms with E-state index in [1.807, 2.05) is 19.1 Å². The summed E-state index contributed by atoms with van der Waals surface area (Å²) in [5.74, 6) is 0.460. The molecule has 128 valence electrons. The van der Waals surface area contributed by atoms with Gasteiger partial charge in [-0.3, -0.25) is 9.71 Å². The van der Waals surface area contributed by atoms with Crippen LogP contribution in [0, 0.1) is 6.92 Å². The second-order valence-electron chi connectivity index (χ2n) is 5.56. The molecule has 1 aromatic heterocycles. The molecule has 0 unspecified atom stereocenters. The Balaban J connectivity index is 1.79. The summed E-state index contributed by atoms with van der Waals surface area (Å²) in [6.45, 7) is 2.21. The first-order valence-corrected chi connectivity index (χ1v) is 9.23. The molecule has 0 aliphatic heterocycles. The molecule has 1 N–H and O–H groups in total. The van der Waals surface area contributed by atoms with Crippen LogP contribution in [0.2, 0.25) is 0 Å². The number of aromatic nitrogens is 1. The zero-order valence-corrected chi connectivity index (χ0v) is 14.5. The van der Waals surface area contributed by atoms with Gasteiger partial charge < -0.3 is 4.74 Å². The van der Waals surface area contributed by atoms with Gasteiger partial charge in [-0.15, -0.1) is 0 Å². The number of rotatable bonds is 6. The Morgan fingerprint density at radius 1 is 1.00 bits per heavy atom. The Bertz CT molecular complexity index is 940. The minimum Gasteiger partial charge on any atom is -0.487 e. The third-order valence-corrected chi connectivity index (χ3v) is 4.96. The number of ether oxygens (including phenoxy) is 1. The number of hydrogen-bond donors (Lipinski definition) is 1. The van der Waals surface area contributed by atoms with Crippen molar-refractivity contribution in [1.82, 2.24) is 4.98 Å².